The van der Waals surface area contributed by atoms with Gasteiger partial charge in [-0.15, -0.1) is 0 Å². The number of carbonyl (C=O) groups is 1. The first-order chi connectivity index (χ1) is 8.75. The second-order valence-corrected chi connectivity index (χ2v) is 3.84. The molecule has 18 heavy (non-hydrogen) atoms. The van der Waals surface area contributed by atoms with Crippen molar-refractivity contribution < 1.29 is 9.53 Å². The van der Waals surface area contributed by atoms with E-state index in [4.69, 9.17) is 4.74 Å². The lowest BCUT2D eigenvalue weighted by Gasteiger charge is -2.08. The minimum atomic E-state index is -0.203. The minimum Gasteiger partial charge on any atom is -0.483 e. The predicted octanol–water partition coefficient (Wildman–Crippen LogP) is 2.41. The molecule has 0 spiro atoms. The zero-order valence-corrected chi connectivity index (χ0v) is 10.1. The van der Waals surface area contributed by atoms with Gasteiger partial charge in [0.1, 0.15) is 5.75 Å². The third kappa shape index (κ3) is 3.31. The van der Waals surface area contributed by atoms with E-state index in [0.29, 0.717) is 5.69 Å². The molecule has 0 aliphatic carbocycles. The number of hydrogen-bond donors (Lipinski definition) is 1. The number of nitrogens with one attached hydrogen (secondary N) is 1. The van der Waals surface area contributed by atoms with Crippen LogP contribution in [0, 0.1) is 6.92 Å². The number of aryl methyl sites for hydroxylation is 1. The van der Waals surface area contributed by atoms with Crippen molar-refractivity contribution in [3.05, 3.63) is 54.4 Å². The summed E-state index contributed by atoms with van der Waals surface area (Å²) in [5, 5.41) is 2.71. The molecule has 0 saturated carbocycles. The number of hydrogen-bond acceptors (Lipinski definition) is 3. The predicted molar refractivity (Wildman–Crippen MR) is 69.5 cm³/mol. The van der Waals surface area contributed by atoms with Crippen LogP contribution in [0.25, 0.3) is 0 Å². The van der Waals surface area contributed by atoms with Crippen LogP contribution in [0.5, 0.6) is 5.75 Å². The molecule has 92 valence electrons. The number of carbonyl (C=O) groups excluding carboxylic acids is 1. The molecular weight excluding hydrogens is 228 g/mol. The molecule has 0 saturated heterocycles. The van der Waals surface area contributed by atoms with Gasteiger partial charge in [-0.3, -0.25) is 9.78 Å². The maximum atomic E-state index is 11.6. The van der Waals surface area contributed by atoms with E-state index in [-0.39, 0.29) is 12.5 Å². The molecule has 0 aliphatic heterocycles. The van der Waals surface area contributed by atoms with Crippen LogP contribution < -0.4 is 10.1 Å². The van der Waals surface area contributed by atoms with Crippen molar-refractivity contribution in [3.63, 3.8) is 0 Å². The van der Waals surface area contributed by atoms with E-state index < -0.39 is 0 Å². The van der Waals surface area contributed by atoms with Gasteiger partial charge in [0, 0.05) is 6.20 Å². The number of anilines is 1. The van der Waals surface area contributed by atoms with Gasteiger partial charge in [0.05, 0.1) is 11.9 Å². The van der Waals surface area contributed by atoms with Crippen LogP contribution in [0.4, 0.5) is 5.69 Å². The smallest absolute Gasteiger partial charge is 0.262 e. The normalized spacial score (nSPS) is 9.83. The topological polar surface area (TPSA) is 51.2 Å². The molecule has 0 radical (unpaired) electrons. The van der Waals surface area contributed by atoms with Gasteiger partial charge in [0.2, 0.25) is 0 Å². The number of para-hydroxylation sites is 1. The quantitative estimate of drug-likeness (QED) is 0.895. The lowest BCUT2D eigenvalue weighted by Crippen LogP contribution is -2.20. The maximum Gasteiger partial charge on any atom is 0.262 e. The summed E-state index contributed by atoms with van der Waals surface area (Å²) in [5.74, 6) is 0.519. The Morgan fingerprint density at radius 2 is 2.11 bits per heavy atom. The Morgan fingerprint density at radius 1 is 1.28 bits per heavy atom. The number of benzene rings is 1. The van der Waals surface area contributed by atoms with Gasteiger partial charge in [-0.2, -0.15) is 0 Å². The van der Waals surface area contributed by atoms with E-state index in [2.05, 4.69) is 10.3 Å². The lowest BCUT2D eigenvalue weighted by molar-refractivity contribution is -0.118. The van der Waals surface area contributed by atoms with Gasteiger partial charge >= 0.3 is 0 Å². The Labute approximate surface area is 106 Å². The SMILES string of the molecule is Cc1ccccc1OCC(=O)Nc1cccnc1. The van der Waals surface area contributed by atoms with Crippen molar-refractivity contribution >= 4 is 11.6 Å². The highest BCUT2D eigenvalue weighted by molar-refractivity contribution is 5.91. The second kappa shape index (κ2) is 5.82. The molecule has 2 aromatic rings. The summed E-state index contributed by atoms with van der Waals surface area (Å²) in [6.07, 6.45) is 3.24. The summed E-state index contributed by atoms with van der Waals surface area (Å²) in [5.41, 5.74) is 1.67. The molecule has 0 aliphatic rings. The highest BCUT2D eigenvalue weighted by Gasteiger charge is 2.04. The zero-order chi connectivity index (χ0) is 12.8. The minimum absolute atomic E-state index is 0.0141. The van der Waals surface area contributed by atoms with E-state index in [1.807, 2.05) is 31.2 Å². The molecule has 1 N–H and O–H groups in total. The Kier molecular flexibility index (Phi) is 3.91. The van der Waals surface area contributed by atoms with E-state index in [1.54, 1.807) is 24.5 Å². The first kappa shape index (κ1) is 12.1. The number of aromatic nitrogens is 1. The molecule has 1 heterocycles. The molecule has 2 rings (SSSR count). The van der Waals surface area contributed by atoms with Crippen molar-refractivity contribution in [2.24, 2.45) is 0 Å². The molecule has 1 amide bonds. The fourth-order valence-electron chi connectivity index (χ4n) is 1.50. The number of ether oxygens (including phenoxy) is 1. The van der Waals surface area contributed by atoms with E-state index >= 15 is 0 Å². The summed E-state index contributed by atoms with van der Waals surface area (Å²) in [7, 11) is 0. The maximum absolute atomic E-state index is 11.6. The monoisotopic (exact) mass is 242 g/mol. The molecular formula is C14H14N2O2. The van der Waals surface area contributed by atoms with Gasteiger partial charge in [-0.25, -0.2) is 0 Å². The summed E-state index contributed by atoms with van der Waals surface area (Å²) >= 11 is 0. The van der Waals surface area contributed by atoms with Gasteiger partial charge in [-0.1, -0.05) is 18.2 Å². The molecule has 4 nitrogen and oxygen atoms in total. The number of pyridine rings is 1. The molecule has 1 aromatic carbocycles. The van der Waals surface area contributed by atoms with Crippen molar-refractivity contribution in [2.75, 3.05) is 11.9 Å². The number of amides is 1. The van der Waals surface area contributed by atoms with Crippen LogP contribution in [-0.4, -0.2) is 17.5 Å². The third-order valence-corrected chi connectivity index (χ3v) is 2.40. The Bertz CT molecular complexity index is 526. The second-order valence-electron chi connectivity index (χ2n) is 3.84. The van der Waals surface area contributed by atoms with Crippen LogP contribution in [-0.2, 0) is 4.79 Å². The summed E-state index contributed by atoms with van der Waals surface area (Å²) < 4.78 is 5.44. The number of rotatable bonds is 4. The van der Waals surface area contributed by atoms with E-state index in [9.17, 15) is 4.79 Å². The Hall–Kier alpha value is -2.36. The highest BCUT2D eigenvalue weighted by Crippen LogP contribution is 2.15. The summed E-state index contributed by atoms with van der Waals surface area (Å²) in [4.78, 5) is 15.5. The van der Waals surface area contributed by atoms with Crippen molar-refractivity contribution in [1.82, 2.24) is 4.98 Å². The van der Waals surface area contributed by atoms with Crippen LogP contribution in [0.15, 0.2) is 48.8 Å². The highest BCUT2D eigenvalue weighted by atomic mass is 16.5. The van der Waals surface area contributed by atoms with Crippen LogP contribution in [0.1, 0.15) is 5.56 Å². The van der Waals surface area contributed by atoms with Crippen LogP contribution in [0.3, 0.4) is 0 Å². The average molecular weight is 242 g/mol. The van der Waals surface area contributed by atoms with Gasteiger partial charge in [-0.05, 0) is 30.7 Å². The van der Waals surface area contributed by atoms with Gasteiger partial charge in [0.15, 0.2) is 6.61 Å². The molecule has 4 heteroatoms. The zero-order valence-electron chi connectivity index (χ0n) is 10.1. The van der Waals surface area contributed by atoms with Gasteiger partial charge in [0.25, 0.3) is 5.91 Å². The first-order valence-corrected chi connectivity index (χ1v) is 5.64. The third-order valence-electron chi connectivity index (χ3n) is 2.40. The van der Waals surface area contributed by atoms with Gasteiger partial charge < -0.3 is 10.1 Å². The molecule has 0 bridgehead atoms. The van der Waals surface area contributed by atoms with Crippen molar-refractivity contribution in [3.8, 4) is 5.75 Å². The first-order valence-electron chi connectivity index (χ1n) is 5.64. The van der Waals surface area contributed by atoms with Crippen molar-refractivity contribution in [2.45, 2.75) is 6.92 Å². The Morgan fingerprint density at radius 3 is 2.83 bits per heavy atom. The summed E-state index contributed by atoms with van der Waals surface area (Å²) in [6, 6.07) is 11.1. The largest absolute Gasteiger partial charge is 0.483 e. The molecule has 1 aromatic heterocycles. The van der Waals surface area contributed by atoms with E-state index in [1.165, 1.54) is 0 Å². The fourth-order valence-corrected chi connectivity index (χ4v) is 1.50. The fraction of sp³-hybridized carbons (Fsp3) is 0.143. The Balaban J connectivity index is 1.88. The standard InChI is InChI=1S/C14H14N2O2/c1-11-5-2-3-7-13(11)18-10-14(17)16-12-6-4-8-15-9-12/h2-9H,10H2,1H3,(H,16,17). The number of nitrogens with zero attached hydrogens (tertiary/aromatic N) is 1. The lowest BCUT2D eigenvalue weighted by atomic mass is 10.2. The van der Waals surface area contributed by atoms with Crippen LogP contribution >= 0.6 is 0 Å². The van der Waals surface area contributed by atoms with E-state index in [0.717, 1.165) is 11.3 Å². The average Bonchev–Trinajstić information content (AvgIpc) is 2.39. The molecule has 0 unspecified atom stereocenters. The molecule has 0 fully saturated rings. The molecule has 0 atom stereocenters. The van der Waals surface area contributed by atoms with Crippen molar-refractivity contribution in [1.29, 1.82) is 0 Å². The summed E-state index contributed by atoms with van der Waals surface area (Å²) in [6.45, 7) is 1.92. The van der Waals surface area contributed by atoms with Crippen LogP contribution in [0.2, 0.25) is 0 Å².